The zero-order valence-corrected chi connectivity index (χ0v) is 15.8. The van der Waals surface area contributed by atoms with Crippen LogP contribution in [0.15, 0.2) is 54.6 Å². The number of amides is 1. The fraction of sp³-hybridized carbons (Fsp3) is 0.200. The summed E-state index contributed by atoms with van der Waals surface area (Å²) in [7, 11) is 0. The average Bonchev–Trinajstić information content (AvgIpc) is 2.78. The highest BCUT2D eigenvalue weighted by atomic mass is 16.6. The summed E-state index contributed by atoms with van der Waals surface area (Å²) in [5.74, 6) is 0.585. The quantitative estimate of drug-likeness (QED) is 0.481. The van der Waals surface area contributed by atoms with E-state index < -0.39 is 9.85 Å². The first kappa shape index (κ1) is 19.2. The van der Waals surface area contributed by atoms with Crippen molar-refractivity contribution in [2.24, 2.45) is 0 Å². The van der Waals surface area contributed by atoms with Crippen molar-refractivity contribution in [2.75, 3.05) is 31.1 Å². The predicted molar refractivity (Wildman–Crippen MR) is 110 cm³/mol. The number of carbonyl (C=O) groups is 1. The maximum absolute atomic E-state index is 12.7. The number of piperazine rings is 1. The number of benzene rings is 2. The van der Waals surface area contributed by atoms with Gasteiger partial charge in [0.05, 0.1) is 15.4 Å². The number of aromatic nitrogens is 1. The van der Waals surface area contributed by atoms with E-state index in [9.17, 15) is 25.0 Å². The van der Waals surface area contributed by atoms with Gasteiger partial charge in [-0.3, -0.25) is 25.0 Å². The van der Waals surface area contributed by atoms with Crippen molar-refractivity contribution >= 4 is 34.0 Å². The molecule has 1 fully saturated rings. The predicted octanol–water partition coefficient (Wildman–Crippen LogP) is 3.01. The monoisotopic (exact) mass is 407 g/mol. The van der Waals surface area contributed by atoms with Crippen molar-refractivity contribution in [3.63, 3.8) is 0 Å². The Bertz CT molecular complexity index is 1140. The van der Waals surface area contributed by atoms with Crippen LogP contribution in [0.4, 0.5) is 17.2 Å². The SMILES string of the molecule is O=C(c1ccc([N+](=O)[O-])cc1)N1CCN(c2ccc3cc([N+](=O)[O-])ccc3n2)CC1. The van der Waals surface area contributed by atoms with Crippen LogP contribution in [0.2, 0.25) is 0 Å². The molecule has 0 atom stereocenters. The molecule has 10 heteroatoms. The molecule has 1 aliphatic heterocycles. The zero-order chi connectivity index (χ0) is 21.3. The third-order valence-corrected chi connectivity index (χ3v) is 5.08. The Morgan fingerprint density at radius 1 is 0.833 bits per heavy atom. The van der Waals surface area contributed by atoms with Crippen LogP contribution >= 0.6 is 0 Å². The molecule has 152 valence electrons. The Balaban J connectivity index is 1.43. The van der Waals surface area contributed by atoms with E-state index >= 15 is 0 Å². The molecule has 0 spiro atoms. The van der Waals surface area contributed by atoms with Gasteiger partial charge in [-0.2, -0.15) is 0 Å². The molecule has 3 aromatic rings. The Labute approximate surface area is 170 Å². The Morgan fingerprint density at radius 3 is 2.10 bits per heavy atom. The van der Waals surface area contributed by atoms with Crippen LogP contribution in [0.25, 0.3) is 10.9 Å². The van der Waals surface area contributed by atoms with Crippen molar-refractivity contribution < 1.29 is 14.6 Å². The fourth-order valence-electron chi connectivity index (χ4n) is 3.44. The molecule has 1 amide bonds. The number of non-ortho nitro benzene ring substituents is 2. The van der Waals surface area contributed by atoms with Crippen LogP contribution in [0.1, 0.15) is 10.4 Å². The second kappa shape index (κ2) is 7.74. The van der Waals surface area contributed by atoms with E-state index in [4.69, 9.17) is 0 Å². The van der Waals surface area contributed by atoms with Crippen LogP contribution < -0.4 is 4.90 Å². The number of carbonyl (C=O) groups excluding carboxylic acids is 1. The van der Waals surface area contributed by atoms with Gasteiger partial charge in [0, 0.05) is 61.4 Å². The van der Waals surface area contributed by atoms with Crippen molar-refractivity contribution in [1.29, 1.82) is 0 Å². The van der Waals surface area contributed by atoms with Crippen molar-refractivity contribution in [3.8, 4) is 0 Å². The van der Waals surface area contributed by atoms with Gasteiger partial charge in [0.25, 0.3) is 17.3 Å². The molecule has 4 rings (SSSR count). The lowest BCUT2D eigenvalue weighted by Crippen LogP contribution is -2.49. The first-order valence-electron chi connectivity index (χ1n) is 9.26. The molecule has 0 aliphatic carbocycles. The van der Waals surface area contributed by atoms with Gasteiger partial charge in [0.15, 0.2) is 0 Å². The van der Waals surface area contributed by atoms with Gasteiger partial charge in [-0.05, 0) is 30.3 Å². The van der Waals surface area contributed by atoms with Gasteiger partial charge < -0.3 is 9.80 Å². The van der Waals surface area contributed by atoms with E-state index in [1.807, 2.05) is 6.07 Å². The van der Waals surface area contributed by atoms with E-state index in [-0.39, 0.29) is 17.3 Å². The largest absolute Gasteiger partial charge is 0.353 e. The van der Waals surface area contributed by atoms with E-state index in [1.165, 1.54) is 36.4 Å². The Morgan fingerprint density at radius 2 is 1.47 bits per heavy atom. The topological polar surface area (TPSA) is 123 Å². The molecule has 0 bridgehead atoms. The number of rotatable bonds is 4. The van der Waals surface area contributed by atoms with Gasteiger partial charge in [0.2, 0.25) is 0 Å². The molecule has 1 saturated heterocycles. The number of pyridine rings is 1. The smallest absolute Gasteiger partial charge is 0.270 e. The lowest BCUT2D eigenvalue weighted by Gasteiger charge is -2.35. The molecule has 2 heterocycles. The summed E-state index contributed by atoms with van der Waals surface area (Å²) in [4.78, 5) is 41.7. The van der Waals surface area contributed by atoms with Crippen molar-refractivity contribution in [2.45, 2.75) is 0 Å². The fourth-order valence-corrected chi connectivity index (χ4v) is 3.44. The van der Waals surface area contributed by atoms with Crippen LogP contribution in [-0.2, 0) is 0 Å². The minimum atomic E-state index is -0.498. The molecule has 30 heavy (non-hydrogen) atoms. The lowest BCUT2D eigenvalue weighted by atomic mass is 10.1. The van der Waals surface area contributed by atoms with Crippen LogP contribution in [0, 0.1) is 20.2 Å². The third-order valence-electron chi connectivity index (χ3n) is 5.08. The standard InChI is InChI=1S/C20H17N5O5/c26-20(14-1-4-16(5-2-14)24(27)28)23-11-9-22(10-12-23)19-8-3-15-13-17(25(29)30)6-7-18(15)21-19/h1-8,13H,9-12H2. The van der Waals surface area contributed by atoms with E-state index in [0.29, 0.717) is 42.6 Å². The molecule has 0 unspecified atom stereocenters. The van der Waals surface area contributed by atoms with Gasteiger partial charge in [0.1, 0.15) is 5.82 Å². The number of hydrogen-bond acceptors (Lipinski definition) is 7. The third kappa shape index (κ3) is 3.75. The number of hydrogen-bond donors (Lipinski definition) is 0. The zero-order valence-electron chi connectivity index (χ0n) is 15.8. The highest BCUT2D eigenvalue weighted by Gasteiger charge is 2.23. The Kier molecular flexibility index (Phi) is 4.97. The first-order valence-corrected chi connectivity index (χ1v) is 9.26. The number of nitro benzene ring substituents is 2. The second-order valence-electron chi connectivity index (χ2n) is 6.89. The lowest BCUT2D eigenvalue weighted by molar-refractivity contribution is -0.385. The van der Waals surface area contributed by atoms with E-state index in [2.05, 4.69) is 9.88 Å². The molecular formula is C20H17N5O5. The Hall–Kier alpha value is -4.08. The molecule has 1 aliphatic rings. The maximum Gasteiger partial charge on any atom is 0.270 e. The van der Waals surface area contributed by atoms with Crippen LogP contribution in [-0.4, -0.2) is 51.8 Å². The molecule has 0 saturated carbocycles. The maximum atomic E-state index is 12.7. The molecule has 0 N–H and O–H groups in total. The highest BCUT2D eigenvalue weighted by Crippen LogP contribution is 2.23. The highest BCUT2D eigenvalue weighted by molar-refractivity contribution is 5.94. The molecule has 0 radical (unpaired) electrons. The normalized spacial score (nSPS) is 14.0. The summed E-state index contributed by atoms with van der Waals surface area (Å²) in [6.45, 7) is 2.17. The van der Waals surface area contributed by atoms with Gasteiger partial charge in [-0.1, -0.05) is 0 Å². The van der Waals surface area contributed by atoms with Gasteiger partial charge >= 0.3 is 0 Å². The van der Waals surface area contributed by atoms with Crippen LogP contribution in [0.5, 0.6) is 0 Å². The summed E-state index contributed by atoms with van der Waals surface area (Å²) < 4.78 is 0. The summed E-state index contributed by atoms with van der Waals surface area (Å²) >= 11 is 0. The molecule has 2 aromatic carbocycles. The van der Waals surface area contributed by atoms with Crippen molar-refractivity contribution in [3.05, 3.63) is 80.4 Å². The van der Waals surface area contributed by atoms with E-state index in [0.717, 1.165) is 5.82 Å². The average molecular weight is 407 g/mol. The number of nitro groups is 2. The number of nitrogens with zero attached hydrogens (tertiary/aromatic N) is 5. The minimum Gasteiger partial charge on any atom is -0.353 e. The van der Waals surface area contributed by atoms with Crippen molar-refractivity contribution in [1.82, 2.24) is 9.88 Å². The summed E-state index contributed by atoms with van der Waals surface area (Å²) in [5, 5.41) is 22.4. The molecule has 1 aromatic heterocycles. The first-order chi connectivity index (χ1) is 14.4. The number of fused-ring (bicyclic) bond motifs is 1. The number of anilines is 1. The van der Waals surface area contributed by atoms with Gasteiger partial charge in [-0.25, -0.2) is 4.98 Å². The van der Waals surface area contributed by atoms with Crippen LogP contribution in [0.3, 0.4) is 0 Å². The second-order valence-corrected chi connectivity index (χ2v) is 6.89. The summed E-state index contributed by atoms with van der Waals surface area (Å²) in [6.07, 6.45) is 0. The van der Waals surface area contributed by atoms with E-state index in [1.54, 1.807) is 17.0 Å². The van der Waals surface area contributed by atoms with Gasteiger partial charge in [-0.15, -0.1) is 0 Å². The summed E-state index contributed by atoms with van der Waals surface area (Å²) in [6, 6.07) is 13.8. The minimum absolute atomic E-state index is 0.0235. The molecule has 10 nitrogen and oxygen atoms in total. The molecular weight excluding hydrogens is 390 g/mol. The summed E-state index contributed by atoms with van der Waals surface area (Å²) in [5.41, 5.74) is 1.06.